The van der Waals surface area contributed by atoms with E-state index in [0.29, 0.717) is 0 Å². The molecule has 0 radical (unpaired) electrons. The second-order valence-electron chi connectivity index (χ2n) is 6.76. The maximum absolute atomic E-state index is 3.73. The normalized spacial score (nSPS) is 34.3. The molecule has 2 aliphatic rings. The lowest BCUT2D eigenvalue weighted by Gasteiger charge is -2.36. The Hall–Kier alpha value is -0.0800. The summed E-state index contributed by atoms with van der Waals surface area (Å²) in [4.78, 5) is 2.80. The van der Waals surface area contributed by atoms with E-state index < -0.39 is 0 Å². The van der Waals surface area contributed by atoms with Gasteiger partial charge in [-0.05, 0) is 57.0 Å². The average Bonchev–Trinajstić information content (AvgIpc) is 2.86. The fraction of sp³-hybridized carbons (Fsp3) is 1.00. The van der Waals surface area contributed by atoms with Crippen LogP contribution in [0, 0.1) is 11.8 Å². The minimum atomic E-state index is 0.793. The van der Waals surface area contributed by atoms with Gasteiger partial charge in [0, 0.05) is 18.6 Å². The lowest BCUT2D eigenvalue weighted by Crippen LogP contribution is -2.43. The molecule has 1 heterocycles. The number of nitrogens with zero attached hydrogens (tertiary/aromatic N) is 1. The van der Waals surface area contributed by atoms with Crippen molar-refractivity contribution in [3.05, 3.63) is 0 Å². The molecule has 1 N–H and O–H groups in total. The van der Waals surface area contributed by atoms with Gasteiger partial charge in [0.1, 0.15) is 0 Å². The predicted molar refractivity (Wildman–Crippen MR) is 78.9 cm³/mol. The fourth-order valence-corrected chi connectivity index (χ4v) is 3.72. The lowest BCUT2D eigenvalue weighted by molar-refractivity contribution is 0.160. The summed E-state index contributed by atoms with van der Waals surface area (Å²) in [6, 6.07) is 1.67. The molecule has 1 saturated carbocycles. The molecule has 2 nitrogen and oxygen atoms in total. The smallest absolute Gasteiger partial charge is 0.0110 e. The Morgan fingerprint density at radius 1 is 1.22 bits per heavy atom. The lowest BCUT2D eigenvalue weighted by atomic mass is 9.89. The van der Waals surface area contributed by atoms with Crippen LogP contribution in [0.2, 0.25) is 0 Å². The van der Waals surface area contributed by atoms with Crippen molar-refractivity contribution in [2.45, 2.75) is 71.4 Å². The van der Waals surface area contributed by atoms with Gasteiger partial charge >= 0.3 is 0 Å². The quantitative estimate of drug-likeness (QED) is 0.808. The zero-order chi connectivity index (χ0) is 13.0. The molecule has 0 aromatic carbocycles. The second-order valence-corrected chi connectivity index (χ2v) is 6.76. The van der Waals surface area contributed by atoms with E-state index in [2.05, 4.69) is 31.0 Å². The summed E-state index contributed by atoms with van der Waals surface area (Å²) in [5.74, 6) is 1.82. The maximum atomic E-state index is 3.73. The van der Waals surface area contributed by atoms with Crippen molar-refractivity contribution < 1.29 is 0 Å². The van der Waals surface area contributed by atoms with Crippen LogP contribution in [0.3, 0.4) is 0 Å². The van der Waals surface area contributed by atoms with Crippen molar-refractivity contribution in [2.24, 2.45) is 11.8 Å². The van der Waals surface area contributed by atoms with Crippen LogP contribution < -0.4 is 5.32 Å². The van der Waals surface area contributed by atoms with E-state index in [4.69, 9.17) is 0 Å². The van der Waals surface area contributed by atoms with E-state index in [1.165, 1.54) is 58.2 Å². The molecule has 2 heteroatoms. The van der Waals surface area contributed by atoms with Gasteiger partial charge in [-0.2, -0.15) is 0 Å². The van der Waals surface area contributed by atoms with Gasteiger partial charge in [0.25, 0.3) is 0 Å². The number of hydrogen-bond acceptors (Lipinski definition) is 2. The van der Waals surface area contributed by atoms with Gasteiger partial charge in [-0.15, -0.1) is 0 Å². The molecule has 2 fully saturated rings. The average molecular weight is 252 g/mol. The Bertz CT molecular complexity index is 239. The molecule has 0 amide bonds. The van der Waals surface area contributed by atoms with Crippen LogP contribution in [0.5, 0.6) is 0 Å². The van der Waals surface area contributed by atoms with Crippen molar-refractivity contribution >= 4 is 0 Å². The zero-order valence-corrected chi connectivity index (χ0v) is 12.6. The molecule has 1 saturated heterocycles. The van der Waals surface area contributed by atoms with Gasteiger partial charge in [0.15, 0.2) is 0 Å². The third-order valence-corrected chi connectivity index (χ3v) is 5.04. The number of nitrogens with one attached hydrogen (secondary N) is 1. The first kappa shape index (κ1) is 14.3. The highest BCUT2D eigenvalue weighted by Gasteiger charge is 2.32. The number of hydrogen-bond donors (Lipinski definition) is 1. The first-order valence-corrected chi connectivity index (χ1v) is 8.18. The monoisotopic (exact) mass is 252 g/mol. The van der Waals surface area contributed by atoms with Crippen molar-refractivity contribution in [2.75, 3.05) is 19.6 Å². The Morgan fingerprint density at radius 3 is 2.72 bits per heavy atom. The standard InChI is InChI=1S/C16H32N2/c1-4-9-17-15-6-5-7-16(11-15)18-10-8-14(12-18)13(2)3/h13-17H,4-12H2,1-3H3. The van der Waals surface area contributed by atoms with Crippen LogP contribution in [0.15, 0.2) is 0 Å². The molecule has 0 bridgehead atoms. The van der Waals surface area contributed by atoms with Crippen molar-refractivity contribution in [3.63, 3.8) is 0 Å². The molecule has 0 aromatic heterocycles. The molecule has 1 aliphatic carbocycles. The number of rotatable bonds is 5. The summed E-state index contributed by atoms with van der Waals surface area (Å²) in [6.45, 7) is 11.0. The van der Waals surface area contributed by atoms with Crippen LogP contribution in [-0.4, -0.2) is 36.6 Å². The highest BCUT2D eigenvalue weighted by Crippen LogP contribution is 2.30. The SMILES string of the molecule is CCCNC1CCCC(N2CCC(C(C)C)C2)C1. The van der Waals surface area contributed by atoms with Gasteiger partial charge in [0.05, 0.1) is 0 Å². The van der Waals surface area contributed by atoms with Crippen LogP contribution in [0.1, 0.15) is 59.3 Å². The fourth-order valence-electron chi connectivity index (χ4n) is 3.72. The summed E-state index contributed by atoms with van der Waals surface area (Å²) >= 11 is 0. The minimum Gasteiger partial charge on any atom is -0.314 e. The second kappa shape index (κ2) is 6.91. The molecule has 106 valence electrons. The molecule has 2 rings (SSSR count). The summed E-state index contributed by atoms with van der Waals surface area (Å²) in [7, 11) is 0. The minimum absolute atomic E-state index is 0.793. The van der Waals surface area contributed by atoms with E-state index >= 15 is 0 Å². The summed E-state index contributed by atoms with van der Waals surface area (Å²) in [5, 5.41) is 3.73. The molecule has 3 unspecified atom stereocenters. The van der Waals surface area contributed by atoms with Crippen molar-refractivity contribution in [3.8, 4) is 0 Å². The van der Waals surface area contributed by atoms with Gasteiger partial charge < -0.3 is 10.2 Å². The first-order valence-electron chi connectivity index (χ1n) is 8.18. The van der Waals surface area contributed by atoms with Crippen molar-refractivity contribution in [1.82, 2.24) is 10.2 Å². The van der Waals surface area contributed by atoms with Gasteiger partial charge in [0.2, 0.25) is 0 Å². The molecule has 3 atom stereocenters. The molecule has 0 aromatic rings. The van der Waals surface area contributed by atoms with E-state index in [9.17, 15) is 0 Å². The van der Waals surface area contributed by atoms with E-state index in [0.717, 1.165) is 23.9 Å². The Balaban J connectivity index is 1.78. The molecular formula is C16H32N2. The molecular weight excluding hydrogens is 220 g/mol. The maximum Gasteiger partial charge on any atom is 0.0110 e. The summed E-state index contributed by atoms with van der Waals surface area (Å²) in [6.07, 6.45) is 8.36. The van der Waals surface area contributed by atoms with Crippen LogP contribution >= 0.6 is 0 Å². The van der Waals surface area contributed by atoms with Crippen LogP contribution in [-0.2, 0) is 0 Å². The van der Waals surface area contributed by atoms with E-state index in [1.807, 2.05) is 0 Å². The Labute approximate surface area is 114 Å². The van der Waals surface area contributed by atoms with Crippen LogP contribution in [0.25, 0.3) is 0 Å². The van der Waals surface area contributed by atoms with Gasteiger partial charge in [-0.1, -0.05) is 27.2 Å². The Kier molecular flexibility index (Phi) is 5.50. The van der Waals surface area contributed by atoms with Gasteiger partial charge in [-0.25, -0.2) is 0 Å². The Morgan fingerprint density at radius 2 is 2.06 bits per heavy atom. The van der Waals surface area contributed by atoms with E-state index in [1.54, 1.807) is 0 Å². The van der Waals surface area contributed by atoms with Crippen molar-refractivity contribution in [1.29, 1.82) is 0 Å². The molecule has 18 heavy (non-hydrogen) atoms. The van der Waals surface area contributed by atoms with Gasteiger partial charge in [-0.3, -0.25) is 0 Å². The summed E-state index contributed by atoms with van der Waals surface area (Å²) in [5.41, 5.74) is 0. The highest BCUT2D eigenvalue weighted by atomic mass is 15.2. The highest BCUT2D eigenvalue weighted by molar-refractivity contribution is 4.88. The third-order valence-electron chi connectivity index (χ3n) is 5.04. The zero-order valence-electron chi connectivity index (χ0n) is 12.6. The third kappa shape index (κ3) is 3.71. The topological polar surface area (TPSA) is 15.3 Å². The molecule has 0 spiro atoms. The predicted octanol–water partition coefficient (Wildman–Crippen LogP) is 3.28. The molecule has 1 aliphatic heterocycles. The first-order chi connectivity index (χ1) is 8.70. The van der Waals surface area contributed by atoms with E-state index in [-0.39, 0.29) is 0 Å². The number of likely N-dealkylation sites (tertiary alicyclic amines) is 1. The summed E-state index contributed by atoms with van der Waals surface area (Å²) < 4.78 is 0. The largest absolute Gasteiger partial charge is 0.314 e. The van der Waals surface area contributed by atoms with Crippen LogP contribution in [0.4, 0.5) is 0 Å².